The molecule has 2 N–H and O–H groups in total. The van der Waals surface area contributed by atoms with E-state index in [0.29, 0.717) is 11.3 Å². The van der Waals surface area contributed by atoms with E-state index in [4.69, 9.17) is 9.47 Å². The van der Waals surface area contributed by atoms with Crippen LogP contribution in [-0.4, -0.2) is 51.8 Å². The summed E-state index contributed by atoms with van der Waals surface area (Å²) in [6.45, 7) is -0.391. The number of rotatable bonds is 8. The van der Waals surface area contributed by atoms with Crippen LogP contribution in [0.3, 0.4) is 0 Å². The monoisotopic (exact) mass is 530 g/mol. The molecule has 0 unspecified atom stereocenters. The second-order valence-electron chi connectivity index (χ2n) is 8.86. The molecule has 1 saturated heterocycles. The van der Waals surface area contributed by atoms with Crippen molar-refractivity contribution in [3.63, 3.8) is 0 Å². The van der Waals surface area contributed by atoms with Crippen molar-refractivity contribution in [2.45, 2.75) is 23.9 Å². The number of ether oxygens (including phenoxy) is 2. The summed E-state index contributed by atoms with van der Waals surface area (Å²) in [6.07, 6.45) is -1.58. The van der Waals surface area contributed by atoms with Gasteiger partial charge >= 0.3 is 6.16 Å². The first-order valence-corrected chi connectivity index (χ1v) is 13.2. The number of aliphatic hydroxyl groups is 1. The number of hydrogen-bond donors (Lipinski definition) is 2. The van der Waals surface area contributed by atoms with Crippen LogP contribution in [0.2, 0.25) is 0 Å². The molecule has 0 radical (unpaired) electrons. The van der Waals surface area contributed by atoms with E-state index in [1.54, 1.807) is 0 Å². The quantitative estimate of drug-likeness (QED) is 0.337. The lowest BCUT2D eigenvalue weighted by atomic mass is 10.0. The van der Waals surface area contributed by atoms with E-state index in [1.165, 1.54) is 16.7 Å². The Morgan fingerprint density at radius 1 is 0.947 bits per heavy atom. The number of fused-ring (bicyclic) bond motifs is 1. The molecule has 3 aromatic carbocycles. The summed E-state index contributed by atoms with van der Waals surface area (Å²) in [5.41, 5.74) is 2.74. The van der Waals surface area contributed by atoms with Gasteiger partial charge in [-0.2, -0.15) is 0 Å². The van der Waals surface area contributed by atoms with E-state index in [1.807, 2.05) is 91.0 Å². The minimum absolute atomic E-state index is 0.0420. The maximum Gasteiger partial charge on any atom is 0.516 e. The van der Waals surface area contributed by atoms with Gasteiger partial charge in [-0.3, -0.25) is 14.5 Å². The standard InChI is InChI=1S/C29H26N2O6S/c32-17-22-18-38-28-24(30-23(33)16-19-10-4-1-5-11-19)26(34)31(28)27(22)37-29(35)36-25(20-12-6-2-7-13-20)21-14-8-3-9-15-21/h1-15,24-25,28,32H,16-18H2,(H,30,33)/t24-,28-/m1/s1. The first-order chi connectivity index (χ1) is 18.5. The summed E-state index contributed by atoms with van der Waals surface area (Å²) in [7, 11) is 0. The molecule has 2 amide bonds. The topological polar surface area (TPSA) is 105 Å². The lowest BCUT2D eigenvalue weighted by Gasteiger charge is -2.49. The minimum Gasteiger partial charge on any atom is -0.421 e. The molecule has 0 saturated carbocycles. The van der Waals surface area contributed by atoms with Gasteiger partial charge in [-0.05, 0) is 16.7 Å². The van der Waals surface area contributed by atoms with Crippen molar-refractivity contribution >= 4 is 29.7 Å². The van der Waals surface area contributed by atoms with E-state index < -0.39 is 36.2 Å². The Hall–Kier alpha value is -4.08. The van der Waals surface area contributed by atoms with Crippen molar-refractivity contribution < 1.29 is 29.0 Å². The highest BCUT2D eigenvalue weighted by atomic mass is 32.2. The number of carbonyl (C=O) groups is 3. The van der Waals surface area contributed by atoms with Crippen LogP contribution in [0.5, 0.6) is 0 Å². The molecule has 38 heavy (non-hydrogen) atoms. The van der Waals surface area contributed by atoms with E-state index in [0.717, 1.165) is 16.7 Å². The molecule has 2 aliphatic heterocycles. The molecule has 9 heteroatoms. The molecular formula is C29H26N2O6S. The van der Waals surface area contributed by atoms with Crippen molar-refractivity contribution in [1.82, 2.24) is 10.2 Å². The Labute approximate surface area is 224 Å². The molecule has 0 bridgehead atoms. The maximum atomic E-state index is 13.1. The Morgan fingerprint density at radius 2 is 1.53 bits per heavy atom. The van der Waals surface area contributed by atoms with Gasteiger partial charge in [0.25, 0.3) is 5.91 Å². The summed E-state index contributed by atoms with van der Waals surface area (Å²) < 4.78 is 11.3. The molecule has 0 aromatic heterocycles. The zero-order chi connectivity index (χ0) is 26.5. The van der Waals surface area contributed by atoms with Crippen molar-refractivity contribution in [1.29, 1.82) is 0 Å². The van der Waals surface area contributed by atoms with Gasteiger partial charge in [-0.15, -0.1) is 11.8 Å². The summed E-state index contributed by atoms with van der Waals surface area (Å²) in [5, 5.41) is 12.2. The average molecular weight is 531 g/mol. The molecule has 8 nitrogen and oxygen atoms in total. The zero-order valence-electron chi connectivity index (χ0n) is 20.4. The van der Waals surface area contributed by atoms with Crippen LogP contribution in [0.1, 0.15) is 22.8 Å². The molecule has 2 aliphatic rings. The third kappa shape index (κ3) is 5.44. The van der Waals surface area contributed by atoms with Crippen LogP contribution < -0.4 is 5.32 Å². The van der Waals surface area contributed by atoms with Crippen molar-refractivity contribution in [2.24, 2.45) is 0 Å². The second kappa shape index (κ2) is 11.5. The van der Waals surface area contributed by atoms with Crippen molar-refractivity contribution in [3.05, 3.63) is 119 Å². The Morgan fingerprint density at radius 3 is 2.11 bits per heavy atom. The van der Waals surface area contributed by atoms with Crippen molar-refractivity contribution in [2.75, 3.05) is 12.4 Å². The highest BCUT2D eigenvalue weighted by Crippen LogP contribution is 2.41. The van der Waals surface area contributed by atoms with Crippen LogP contribution in [0, 0.1) is 0 Å². The number of amides is 2. The lowest BCUT2D eigenvalue weighted by Crippen LogP contribution is -2.70. The van der Waals surface area contributed by atoms with Crippen LogP contribution in [-0.2, 0) is 25.5 Å². The summed E-state index contributed by atoms with van der Waals surface area (Å²) in [5.74, 6) is -0.402. The number of carbonyl (C=O) groups excluding carboxylic acids is 3. The first kappa shape index (κ1) is 25.6. The van der Waals surface area contributed by atoms with Crippen LogP contribution in [0.15, 0.2) is 102 Å². The molecule has 3 aromatic rings. The third-order valence-electron chi connectivity index (χ3n) is 6.31. The highest BCUT2D eigenvalue weighted by molar-refractivity contribution is 8.00. The Balaban J connectivity index is 1.28. The summed E-state index contributed by atoms with van der Waals surface area (Å²) in [6, 6.07) is 27.0. The number of hydrogen-bond acceptors (Lipinski definition) is 7. The lowest BCUT2D eigenvalue weighted by molar-refractivity contribution is -0.149. The fraction of sp³-hybridized carbons (Fsp3) is 0.207. The van der Waals surface area contributed by atoms with Crippen LogP contribution in [0.25, 0.3) is 0 Å². The Kier molecular flexibility index (Phi) is 7.76. The largest absolute Gasteiger partial charge is 0.516 e. The summed E-state index contributed by atoms with van der Waals surface area (Å²) >= 11 is 1.38. The van der Waals surface area contributed by atoms with Gasteiger partial charge in [0, 0.05) is 11.3 Å². The number of benzene rings is 3. The molecule has 194 valence electrons. The van der Waals surface area contributed by atoms with E-state index >= 15 is 0 Å². The minimum atomic E-state index is -1.00. The predicted octanol–water partition coefficient (Wildman–Crippen LogP) is 3.78. The maximum absolute atomic E-state index is 13.1. The van der Waals surface area contributed by atoms with Gasteiger partial charge in [0.15, 0.2) is 6.10 Å². The zero-order valence-corrected chi connectivity index (χ0v) is 21.2. The Bertz CT molecular complexity index is 1290. The fourth-order valence-corrected chi connectivity index (χ4v) is 5.74. The molecule has 5 rings (SSSR count). The third-order valence-corrected chi connectivity index (χ3v) is 7.65. The molecule has 1 fully saturated rings. The first-order valence-electron chi connectivity index (χ1n) is 12.1. The number of β-lactam (4-membered cyclic amide) rings is 1. The smallest absolute Gasteiger partial charge is 0.421 e. The summed E-state index contributed by atoms with van der Waals surface area (Å²) in [4.78, 5) is 39.9. The SMILES string of the molecule is O=C(Cc1ccccc1)N[C@@H]1C(=O)N2C(OC(=O)OC(c3ccccc3)c3ccccc3)=C(CO)CS[C@H]12. The molecule has 0 aliphatic carbocycles. The van der Waals surface area contributed by atoms with Gasteiger partial charge in [-0.1, -0.05) is 91.0 Å². The van der Waals surface area contributed by atoms with E-state index in [9.17, 15) is 19.5 Å². The number of thioether (sulfide) groups is 1. The average Bonchev–Trinajstić information content (AvgIpc) is 2.95. The molecule has 2 atom stereocenters. The number of nitrogens with one attached hydrogen (secondary N) is 1. The van der Waals surface area contributed by atoms with Gasteiger partial charge in [0.05, 0.1) is 13.0 Å². The van der Waals surface area contributed by atoms with Crippen molar-refractivity contribution in [3.8, 4) is 0 Å². The predicted molar refractivity (Wildman–Crippen MR) is 142 cm³/mol. The highest BCUT2D eigenvalue weighted by Gasteiger charge is 2.54. The van der Waals surface area contributed by atoms with Gasteiger partial charge in [0.2, 0.25) is 11.8 Å². The molecule has 2 heterocycles. The van der Waals surface area contributed by atoms with Gasteiger partial charge < -0.3 is 19.9 Å². The normalized spacial score (nSPS) is 18.5. The molecular weight excluding hydrogens is 504 g/mol. The number of nitrogens with zero attached hydrogens (tertiary/aromatic N) is 1. The van der Waals surface area contributed by atoms with Gasteiger partial charge in [-0.25, -0.2) is 4.79 Å². The van der Waals surface area contributed by atoms with Crippen LogP contribution in [0.4, 0.5) is 4.79 Å². The second-order valence-corrected chi connectivity index (χ2v) is 9.96. The van der Waals surface area contributed by atoms with E-state index in [2.05, 4.69) is 5.32 Å². The fourth-order valence-electron chi connectivity index (χ4n) is 4.43. The molecule has 0 spiro atoms. The van der Waals surface area contributed by atoms with Gasteiger partial charge in [0.1, 0.15) is 11.4 Å². The van der Waals surface area contributed by atoms with E-state index in [-0.39, 0.29) is 18.2 Å². The van der Waals surface area contributed by atoms with Crippen LogP contribution >= 0.6 is 11.8 Å². The number of aliphatic hydroxyl groups excluding tert-OH is 1.